The molecule has 18 heavy (non-hydrogen) atoms. The summed E-state index contributed by atoms with van der Waals surface area (Å²) in [5.41, 5.74) is 0. The Hall–Kier alpha value is -1.35. The van der Waals surface area contributed by atoms with Crippen LogP contribution in [0.4, 0.5) is 0 Å². The molecular weight excluding hydrogens is 292 g/mol. The highest BCUT2D eigenvalue weighted by atomic mass is 79.9. The van der Waals surface area contributed by atoms with Gasteiger partial charge < -0.3 is 9.53 Å². The first kappa shape index (κ1) is 13.1. The summed E-state index contributed by atoms with van der Waals surface area (Å²) < 4.78 is 6.67. The molecule has 0 fully saturated rings. The highest BCUT2D eigenvalue weighted by molar-refractivity contribution is 9.10. The van der Waals surface area contributed by atoms with Gasteiger partial charge in [0.1, 0.15) is 11.5 Å². The van der Waals surface area contributed by atoms with Crippen LogP contribution in [0.5, 0.6) is 5.75 Å². The summed E-state index contributed by atoms with van der Waals surface area (Å²) >= 11 is 3.57. The molecule has 0 aromatic heterocycles. The number of hydrogen-bond donors (Lipinski definition) is 0. The molecule has 0 bridgehead atoms. The summed E-state index contributed by atoms with van der Waals surface area (Å²) in [5.74, 6) is 1.04. The highest BCUT2D eigenvalue weighted by Crippen LogP contribution is 2.33. The van der Waals surface area contributed by atoms with Gasteiger partial charge in [-0.3, -0.25) is 0 Å². The summed E-state index contributed by atoms with van der Waals surface area (Å²) in [6.07, 6.45) is 1.33. The lowest BCUT2D eigenvalue weighted by molar-refractivity contribution is -0.117. The van der Waals surface area contributed by atoms with E-state index in [4.69, 9.17) is 4.74 Å². The van der Waals surface area contributed by atoms with Gasteiger partial charge in [-0.25, -0.2) is 0 Å². The lowest BCUT2D eigenvalue weighted by atomic mass is 10.1. The minimum atomic E-state index is 0.205. The average molecular weight is 307 g/mol. The van der Waals surface area contributed by atoms with Crippen LogP contribution >= 0.6 is 15.9 Å². The molecule has 0 atom stereocenters. The van der Waals surface area contributed by atoms with Crippen molar-refractivity contribution in [2.45, 2.75) is 19.8 Å². The molecule has 0 radical (unpaired) electrons. The quantitative estimate of drug-likeness (QED) is 0.768. The van der Waals surface area contributed by atoms with Crippen molar-refractivity contribution in [1.82, 2.24) is 0 Å². The van der Waals surface area contributed by atoms with Crippen molar-refractivity contribution >= 4 is 32.5 Å². The number of ketones is 1. The van der Waals surface area contributed by atoms with Crippen LogP contribution in [0.15, 0.2) is 40.9 Å². The van der Waals surface area contributed by atoms with E-state index in [0.29, 0.717) is 13.0 Å². The van der Waals surface area contributed by atoms with Crippen molar-refractivity contribution in [3.63, 3.8) is 0 Å². The molecule has 0 aliphatic carbocycles. The molecule has 0 saturated carbocycles. The van der Waals surface area contributed by atoms with Gasteiger partial charge in [0.05, 0.1) is 11.1 Å². The minimum Gasteiger partial charge on any atom is -0.492 e. The average Bonchev–Trinajstić information content (AvgIpc) is 2.37. The van der Waals surface area contributed by atoms with Gasteiger partial charge in [0.15, 0.2) is 0 Å². The van der Waals surface area contributed by atoms with Gasteiger partial charge in [-0.05, 0) is 46.1 Å². The van der Waals surface area contributed by atoms with Crippen molar-refractivity contribution in [1.29, 1.82) is 0 Å². The van der Waals surface area contributed by atoms with Crippen molar-refractivity contribution in [2.24, 2.45) is 0 Å². The van der Waals surface area contributed by atoms with Crippen LogP contribution in [0.25, 0.3) is 10.8 Å². The Bertz CT molecular complexity index is 563. The second kappa shape index (κ2) is 6.01. The highest BCUT2D eigenvalue weighted by Gasteiger charge is 2.05. The zero-order valence-electron chi connectivity index (χ0n) is 10.3. The minimum absolute atomic E-state index is 0.205. The SMILES string of the molecule is CC(=O)CCCOc1ccc2ccccc2c1Br. The molecule has 0 unspecified atom stereocenters. The largest absolute Gasteiger partial charge is 0.492 e. The van der Waals surface area contributed by atoms with Gasteiger partial charge in [-0.1, -0.05) is 30.3 Å². The van der Waals surface area contributed by atoms with Crippen LogP contribution in [0.3, 0.4) is 0 Å². The fraction of sp³-hybridized carbons (Fsp3) is 0.267. The Kier molecular flexibility index (Phi) is 4.37. The third-order valence-corrected chi connectivity index (χ3v) is 3.58. The predicted octanol–water partition coefficient (Wildman–Crippen LogP) is 4.35. The first-order valence-electron chi connectivity index (χ1n) is 5.98. The van der Waals surface area contributed by atoms with E-state index in [1.165, 1.54) is 5.39 Å². The molecule has 2 rings (SSSR count). The van der Waals surface area contributed by atoms with E-state index < -0.39 is 0 Å². The van der Waals surface area contributed by atoms with Crippen molar-refractivity contribution < 1.29 is 9.53 Å². The lowest BCUT2D eigenvalue weighted by Gasteiger charge is -2.09. The standard InChI is InChI=1S/C15H15BrO2/c1-11(17)5-4-10-18-14-9-8-12-6-2-3-7-13(12)15(14)16/h2-3,6-9H,4-5,10H2,1H3. The van der Waals surface area contributed by atoms with Crippen LogP contribution < -0.4 is 4.74 Å². The Labute approximate surface area is 115 Å². The molecule has 2 aromatic carbocycles. The number of benzene rings is 2. The van der Waals surface area contributed by atoms with Crippen molar-refractivity contribution in [2.75, 3.05) is 6.61 Å². The third-order valence-electron chi connectivity index (χ3n) is 2.76. The number of Topliss-reactive ketones (excluding diaryl/α,β-unsaturated/α-hetero) is 1. The Balaban J connectivity index is 2.09. The molecule has 0 N–H and O–H groups in total. The summed E-state index contributed by atoms with van der Waals surface area (Å²) in [6, 6.07) is 12.1. The first-order chi connectivity index (χ1) is 8.68. The number of rotatable bonds is 5. The fourth-order valence-electron chi connectivity index (χ4n) is 1.83. The van der Waals surface area contributed by atoms with E-state index in [1.54, 1.807) is 6.92 Å². The van der Waals surface area contributed by atoms with E-state index in [-0.39, 0.29) is 5.78 Å². The van der Waals surface area contributed by atoms with Crippen molar-refractivity contribution in [3.05, 3.63) is 40.9 Å². The molecule has 0 aliphatic heterocycles. The predicted molar refractivity (Wildman–Crippen MR) is 77.1 cm³/mol. The number of hydrogen-bond acceptors (Lipinski definition) is 2. The molecular formula is C15H15BrO2. The zero-order valence-corrected chi connectivity index (χ0v) is 11.9. The molecule has 0 saturated heterocycles. The number of ether oxygens (including phenoxy) is 1. The molecule has 0 heterocycles. The molecule has 3 heteroatoms. The first-order valence-corrected chi connectivity index (χ1v) is 6.77. The molecule has 94 valence electrons. The Morgan fingerprint density at radius 2 is 2.00 bits per heavy atom. The molecule has 0 amide bonds. The number of carbonyl (C=O) groups excluding carboxylic acids is 1. The number of carbonyl (C=O) groups is 1. The van der Waals surface area contributed by atoms with E-state index in [9.17, 15) is 4.79 Å². The number of fused-ring (bicyclic) bond motifs is 1. The van der Waals surface area contributed by atoms with E-state index in [0.717, 1.165) is 22.0 Å². The molecule has 2 nitrogen and oxygen atoms in total. The van der Waals surface area contributed by atoms with Crippen LogP contribution in [0, 0.1) is 0 Å². The van der Waals surface area contributed by atoms with Gasteiger partial charge in [0.2, 0.25) is 0 Å². The third kappa shape index (κ3) is 3.10. The summed E-state index contributed by atoms with van der Waals surface area (Å²) in [6.45, 7) is 2.17. The van der Waals surface area contributed by atoms with Gasteiger partial charge in [0.25, 0.3) is 0 Å². The number of halogens is 1. The molecule has 0 spiro atoms. The maximum Gasteiger partial charge on any atom is 0.134 e. The van der Waals surface area contributed by atoms with Crippen molar-refractivity contribution in [3.8, 4) is 5.75 Å². The smallest absolute Gasteiger partial charge is 0.134 e. The van der Waals surface area contributed by atoms with Gasteiger partial charge >= 0.3 is 0 Å². The normalized spacial score (nSPS) is 10.6. The lowest BCUT2D eigenvalue weighted by Crippen LogP contribution is -2.01. The maximum atomic E-state index is 10.8. The monoisotopic (exact) mass is 306 g/mol. The van der Waals surface area contributed by atoms with E-state index >= 15 is 0 Å². The molecule has 2 aromatic rings. The molecule has 0 aliphatic rings. The Morgan fingerprint density at radius 1 is 1.22 bits per heavy atom. The van der Waals surface area contributed by atoms with Crippen LogP contribution in [-0.4, -0.2) is 12.4 Å². The van der Waals surface area contributed by atoms with Gasteiger partial charge in [-0.2, -0.15) is 0 Å². The summed E-state index contributed by atoms with van der Waals surface area (Å²) in [4.78, 5) is 10.8. The van der Waals surface area contributed by atoms with Crippen LogP contribution in [0.1, 0.15) is 19.8 Å². The maximum absolute atomic E-state index is 10.8. The van der Waals surface area contributed by atoms with Gasteiger partial charge in [-0.15, -0.1) is 0 Å². The zero-order chi connectivity index (χ0) is 13.0. The van der Waals surface area contributed by atoms with Crippen LogP contribution in [-0.2, 0) is 4.79 Å². The second-order valence-electron chi connectivity index (χ2n) is 4.25. The van der Waals surface area contributed by atoms with Gasteiger partial charge in [0, 0.05) is 6.42 Å². The summed E-state index contributed by atoms with van der Waals surface area (Å²) in [5, 5.41) is 2.32. The van der Waals surface area contributed by atoms with E-state index in [2.05, 4.69) is 28.1 Å². The van der Waals surface area contributed by atoms with Crippen LogP contribution in [0.2, 0.25) is 0 Å². The second-order valence-corrected chi connectivity index (χ2v) is 5.05. The van der Waals surface area contributed by atoms with E-state index in [1.807, 2.05) is 24.3 Å². The summed E-state index contributed by atoms with van der Waals surface area (Å²) in [7, 11) is 0. The topological polar surface area (TPSA) is 26.3 Å². The Morgan fingerprint density at radius 3 is 2.78 bits per heavy atom. The fourth-order valence-corrected chi connectivity index (χ4v) is 2.44.